The Morgan fingerprint density at radius 1 is 1.53 bits per heavy atom. The van der Waals surface area contributed by atoms with Crippen molar-refractivity contribution in [2.75, 3.05) is 26.0 Å². The fraction of sp³-hybridized carbons (Fsp3) is 0.417. The number of thiocarbonyl (C=S) groups is 1. The molecule has 0 amide bonds. The van der Waals surface area contributed by atoms with Crippen LogP contribution in [0.5, 0.6) is 0 Å². The SMILES string of the molecule is CC(CN(C)C)Nc1ccc(C(N)=S)cc1Br. The zero-order valence-electron chi connectivity index (χ0n) is 10.3. The molecule has 0 saturated carbocycles. The fourth-order valence-corrected chi connectivity index (χ4v) is 2.26. The van der Waals surface area contributed by atoms with E-state index in [2.05, 4.69) is 47.2 Å². The van der Waals surface area contributed by atoms with Crippen molar-refractivity contribution in [1.82, 2.24) is 4.90 Å². The Balaban J connectivity index is 2.75. The Labute approximate surface area is 116 Å². The van der Waals surface area contributed by atoms with Crippen molar-refractivity contribution >= 4 is 38.8 Å². The highest BCUT2D eigenvalue weighted by atomic mass is 79.9. The molecule has 0 aliphatic heterocycles. The number of nitrogens with zero attached hydrogens (tertiary/aromatic N) is 1. The number of nitrogens with one attached hydrogen (secondary N) is 1. The maximum absolute atomic E-state index is 5.58. The van der Waals surface area contributed by atoms with Gasteiger partial charge in [0, 0.05) is 28.3 Å². The highest BCUT2D eigenvalue weighted by Gasteiger charge is 2.07. The number of hydrogen-bond donors (Lipinski definition) is 2. The van der Waals surface area contributed by atoms with Gasteiger partial charge in [0.15, 0.2) is 0 Å². The fourth-order valence-electron chi connectivity index (χ4n) is 1.64. The van der Waals surface area contributed by atoms with Crippen LogP contribution in [0.3, 0.4) is 0 Å². The van der Waals surface area contributed by atoms with Gasteiger partial charge in [-0.05, 0) is 55.1 Å². The molecule has 1 aromatic carbocycles. The molecule has 17 heavy (non-hydrogen) atoms. The molecule has 0 aromatic heterocycles. The van der Waals surface area contributed by atoms with E-state index >= 15 is 0 Å². The number of likely N-dealkylation sites (N-methyl/N-ethyl adjacent to an activating group) is 1. The van der Waals surface area contributed by atoms with Gasteiger partial charge in [-0.3, -0.25) is 0 Å². The second kappa shape index (κ2) is 6.33. The summed E-state index contributed by atoms with van der Waals surface area (Å²) in [5, 5.41) is 3.43. The number of hydrogen-bond acceptors (Lipinski definition) is 3. The summed E-state index contributed by atoms with van der Waals surface area (Å²) in [7, 11) is 4.12. The van der Waals surface area contributed by atoms with Crippen molar-refractivity contribution in [3.8, 4) is 0 Å². The molecule has 1 atom stereocenters. The van der Waals surface area contributed by atoms with Crippen LogP contribution in [-0.2, 0) is 0 Å². The van der Waals surface area contributed by atoms with Crippen LogP contribution in [0.2, 0.25) is 0 Å². The Hall–Kier alpha value is -0.650. The first-order chi connectivity index (χ1) is 7.90. The van der Waals surface area contributed by atoms with Gasteiger partial charge in [0.2, 0.25) is 0 Å². The van der Waals surface area contributed by atoms with Crippen LogP contribution >= 0.6 is 28.1 Å². The van der Waals surface area contributed by atoms with Crippen LogP contribution in [0.15, 0.2) is 22.7 Å². The molecule has 3 nitrogen and oxygen atoms in total. The third-order valence-electron chi connectivity index (χ3n) is 2.29. The molecule has 0 saturated heterocycles. The molecule has 0 bridgehead atoms. The molecule has 1 unspecified atom stereocenters. The van der Waals surface area contributed by atoms with Gasteiger partial charge in [-0.25, -0.2) is 0 Å². The van der Waals surface area contributed by atoms with Gasteiger partial charge in [0.1, 0.15) is 4.99 Å². The minimum atomic E-state index is 0.372. The number of rotatable bonds is 5. The van der Waals surface area contributed by atoms with E-state index in [1.165, 1.54) is 0 Å². The Bertz CT molecular complexity index is 407. The summed E-state index contributed by atoms with van der Waals surface area (Å²) in [4.78, 5) is 2.56. The molecule has 0 radical (unpaired) electrons. The molecular formula is C12H18BrN3S. The number of halogens is 1. The minimum absolute atomic E-state index is 0.372. The van der Waals surface area contributed by atoms with Crippen LogP contribution in [0.4, 0.5) is 5.69 Å². The highest BCUT2D eigenvalue weighted by Crippen LogP contribution is 2.24. The van der Waals surface area contributed by atoms with Crippen molar-refractivity contribution in [1.29, 1.82) is 0 Å². The second-order valence-electron chi connectivity index (χ2n) is 4.37. The normalized spacial score (nSPS) is 12.5. The van der Waals surface area contributed by atoms with Crippen LogP contribution in [0.1, 0.15) is 12.5 Å². The molecule has 0 fully saturated rings. The van der Waals surface area contributed by atoms with Gasteiger partial charge in [-0.1, -0.05) is 12.2 Å². The zero-order chi connectivity index (χ0) is 13.0. The van der Waals surface area contributed by atoms with E-state index in [1.54, 1.807) is 0 Å². The van der Waals surface area contributed by atoms with Crippen LogP contribution in [0.25, 0.3) is 0 Å². The van der Waals surface area contributed by atoms with Crippen molar-refractivity contribution < 1.29 is 0 Å². The van der Waals surface area contributed by atoms with E-state index in [0.29, 0.717) is 11.0 Å². The molecule has 0 heterocycles. The molecule has 1 rings (SSSR count). The monoisotopic (exact) mass is 315 g/mol. The summed E-state index contributed by atoms with van der Waals surface area (Å²) in [6.45, 7) is 3.12. The van der Waals surface area contributed by atoms with Crippen LogP contribution in [0, 0.1) is 0 Å². The Morgan fingerprint density at radius 3 is 2.65 bits per heavy atom. The van der Waals surface area contributed by atoms with Crippen molar-refractivity contribution in [3.05, 3.63) is 28.2 Å². The first-order valence-electron chi connectivity index (χ1n) is 5.40. The molecule has 94 valence electrons. The van der Waals surface area contributed by atoms with Gasteiger partial charge >= 0.3 is 0 Å². The van der Waals surface area contributed by atoms with E-state index in [9.17, 15) is 0 Å². The number of nitrogens with two attached hydrogens (primary N) is 1. The quantitative estimate of drug-likeness (QED) is 0.819. The van der Waals surface area contributed by atoms with Gasteiger partial charge in [0.05, 0.1) is 0 Å². The first kappa shape index (κ1) is 14.4. The Kier molecular flexibility index (Phi) is 5.36. The molecule has 0 aliphatic rings. The van der Waals surface area contributed by atoms with Crippen molar-refractivity contribution in [2.45, 2.75) is 13.0 Å². The van der Waals surface area contributed by atoms with Crippen molar-refractivity contribution in [3.63, 3.8) is 0 Å². The summed E-state index contributed by atoms with van der Waals surface area (Å²) in [6, 6.07) is 6.23. The highest BCUT2D eigenvalue weighted by molar-refractivity contribution is 9.10. The largest absolute Gasteiger partial charge is 0.389 e. The van der Waals surface area contributed by atoms with E-state index in [1.807, 2.05) is 18.2 Å². The van der Waals surface area contributed by atoms with Gasteiger partial charge in [0.25, 0.3) is 0 Å². The number of benzene rings is 1. The summed E-state index contributed by atoms with van der Waals surface area (Å²) >= 11 is 8.46. The molecule has 1 aromatic rings. The molecule has 3 N–H and O–H groups in total. The lowest BCUT2D eigenvalue weighted by Crippen LogP contribution is -2.29. The average Bonchev–Trinajstić information content (AvgIpc) is 2.19. The van der Waals surface area contributed by atoms with Gasteiger partial charge < -0.3 is 16.0 Å². The van der Waals surface area contributed by atoms with Gasteiger partial charge in [-0.2, -0.15) is 0 Å². The molecule has 0 spiro atoms. The smallest absolute Gasteiger partial charge is 0.104 e. The standard InChI is InChI=1S/C12H18BrN3S/c1-8(7-16(2)3)15-11-5-4-9(12(14)17)6-10(11)13/h4-6,8,15H,7H2,1-3H3,(H2,14,17). The van der Waals surface area contributed by atoms with E-state index in [4.69, 9.17) is 18.0 Å². The summed E-state index contributed by atoms with van der Waals surface area (Å²) in [5.74, 6) is 0. The lowest BCUT2D eigenvalue weighted by molar-refractivity contribution is 0.392. The zero-order valence-corrected chi connectivity index (χ0v) is 12.7. The predicted octanol–water partition coefficient (Wildman–Crippen LogP) is 2.45. The van der Waals surface area contributed by atoms with E-state index in [-0.39, 0.29) is 0 Å². The third kappa shape index (κ3) is 4.61. The summed E-state index contributed by atoms with van der Waals surface area (Å²) in [6.07, 6.45) is 0. The third-order valence-corrected chi connectivity index (χ3v) is 3.19. The van der Waals surface area contributed by atoms with Crippen LogP contribution < -0.4 is 11.1 Å². The topological polar surface area (TPSA) is 41.3 Å². The summed E-state index contributed by atoms with van der Waals surface area (Å²) in [5.41, 5.74) is 7.51. The average molecular weight is 316 g/mol. The van der Waals surface area contributed by atoms with E-state index < -0.39 is 0 Å². The molecule has 5 heteroatoms. The summed E-state index contributed by atoms with van der Waals surface area (Å²) < 4.78 is 0.980. The maximum atomic E-state index is 5.58. The number of anilines is 1. The predicted molar refractivity (Wildman–Crippen MR) is 81.7 cm³/mol. The van der Waals surface area contributed by atoms with Crippen molar-refractivity contribution in [2.24, 2.45) is 5.73 Å². The lowest BCUT2D eigenvalue weighted by atomic mass is 10.2. The molecular weight excluding hydrogens is 298 g/mol. The van der Waals surface area contributed by atoms with Crippen LogP contribution in [-0.4, -0.2) is 36.6 Å². The van der Waals surface area contributed by atoms with Gasteiger partial charge in [-0.15, -0.1) is 0 Å². The lowest BCUT2D eigenvalue weighted by Gasteiger charge is -2.20. The first-order valence-corrected chi connectivity index (χ1v) is 6.61. The minimum Gasteiger partial charge on any atom is -0.389 e. The Morgan fingerprint density at radius 2 is 2.18 bits per heavy atom. The van der Waals surface area contributed by atoms with E-state index in [0.717, 1.165) is 22.3 Å². The maximum Gasteiger partial charge on any atom is 0.104 e. The second-order valence-corrected chi connectivity index (χ2v) is 5.66. The molecule has 0 aliphatic carbocycles.